The summed E-state index contributed by atoms with van der Waals surface area (Å²) in [4.78, 5) is 4.11. The summed E-state index contributed by atoms with van der Waals surface area (Å²) < 4.78 is 18.9. The van der Waals surface area contributed by atoms with Gasteiger partial charge in [-0.25, -0.2) is 4.39 Å². The molecule has 0 saturated heterocycles. The first-order chi connectivity index (χ1) is 9.15. The highest BCUT2D eigenvalue weighted by Gasteiger charge is 2.29. The van der Waals surface area contributed by atoms with Gasteiger partial charge in [0.15, 0.2) is 6.10 Å². The van der Waals surface area contributed by atoms with E-state index in [1.165, 1.54) is 12.3 Å². The molecular formula is C15H15FN2O. The van der Waals surface area contributed by atoms with Gasteiger partial charge in [0.05, 0.1) is 23.6 Å². The molecule has 3 nitrogen and oxygen atoms in total. The predicted octanol–water partition coefficient (Wildman–Crippen LogP) is 3.46. The SMILES string of the molecule is Cc1cccc2c1NC(C)C(c1ccc(F)cn1)O2. The van der Waals surface area contributed by atoms with Crippen LogP contribution in [0.2, 0.25) is 0 Å². The fourth-order valence-electron chi connectivity index (χ4n) is 2.34. The average molecular weight is 258 g/mol. The molecule has 1 aliphatic heterocycles. The van der Waals surface area contributed by atoms with Crippen molar-refractivity contribution in [3.8, 4) is 5.75 Å². The molecule has 2 unspecified atom stereocenters. The lowest BCUT2D eigenvalue weighted by molar-refractivity contribution is 0.172. The third kappa shape index (κ3) is 2.14. The molecule has 0 radical (unpaired) electrons. The minimum absolute atomic E-state index is 0.0755. The lowest BCUT2D eigenvalue weighted by Crippen LogP contribution is -2.33. The maximum Gasteiger partial charge on any atom is 0.160 e. The number of nitrogens with zero attached hydrogens (tertiary/aromatic N) is 1. The van der Waals surface area contributed by atoms with E-state index >= 15 is 0 Å². The second-order valence-corrected chi connectivity index (χ2v) is 4.82. The molecule has 19 heavy (non-hydrogen) atoms. The Kier molecular flexibility index (Phi) is 2.85. The van der Waals surface area contributed by atoms with Crippen LogP contribution in [-0.2, 0) is 0 Å². The van der Waals surface area contributed by atoms with Gasteiger partial charge in [-0.3, -0.25) is 4.98 Å². The van der Waals surface area contributed by atoms with E-state index in [2.05, 4.69) is 10.3 Å². The highest BCUT2D eigenvalue weighted by molar-refractivity contribution is 5.63. The second-order valence-electron chi connectivity index (χ2n) is 4.82. The smallest absolute Gasteiger partial charge is 0.160 e. The van der Waals surface area contributed by atoms with Crippen molar-refractivity contribution in [2.45, 2.75) is 26.0 Å². The summed E-state index contributed by atoms with van der Waals surface area (Å²) in [6.45, 7) is 4.07. The van der Waals surface area contributed by atoms with Gasteiger partial charge in [0.25, 0.3) is 0 Å². The van der Waals surface area contributed by atoms with Crippen LogP contribution in [0.5, 0.6) is 5.75 Å². The Balaban J connectivity index is 1.95. The van der Waals surface area contributed by atoms with Crippen LogP contribution < -0.4 is 10.1 Å². The average Bonchev–Trinajstić information content (AvgIpc) is 2.40. The van der Waals surface area contributed by atoms with E-state index in [0.29, 0.717) is 0 Å². The maximum absolute atomic E-state index is 12.9. The van der Waals surface area contributed by atoms with E-state index in [0.717, 1.165) is 22.7 Å². The minimum atomic E-state index is -0.337. The Morgan fingerprint density at radius 2 is 2.11 bits per heavy atom. The van der Waals surface area contributed by atoms with Crippen LogP contribution in [0.25, 0.3) is 0 Å². The number of rotatable bonds is 1. The summed E-state index contributed by atoms with van der Waals surface area (Å²) in [7, 11) is 0. The molecule has 1 aromatic carbocycles. The van der Waals surface area contributed by atoms with Crippen LogP contribution >= 0.6 is 0 Å². The summed E-state index contributed by atoms with van der Waals surface area (Å²) in [6, 6.07) is 9.08. The Hall–Kier alpha value is -2.10. The third-order valence-corrected chi connectivity index (χ3v) is 3.36. The highest BCUT2D eigenvalue weighted by Crippen LogP contribution is 2.38. The number of anilines is 1. The Morgan fingerprint density at radius 3 is 2.84 bits per heavy atom. The number of fused-ring (bicyclic) bond motifs is 1. The summed E-state index contributed by atoms with van der Waals surface area (Å²) in [5, 5.41) is 3.43. The maximum atomic E-state index is 12.9. The molecule has 1 aromatic heterocycles. The van der Waals surface area contributed by atoms with E-state index < -0.39 is 0 Å². The van der Waals surface area contributed by atoms with E-state index in [1.807, 2.05) is 32.0 Å². The van der Waals surface area contributed by atoms with Crippen LogP contribution in [0.4, 0.5) is 10.1 Å². The molecule has 0 amide bonds. The number of aryl methyl sites for hydroxylation is 1. The molecule has 1 aliphatic rings. The first kappa shape index (κ1) is 12.0. The predicted molar refractivity (Wildman–Crippen MR) is 71.8 cm³/mol. The van der Waals surface area contributed by atoms with Crippen LogP contribution in [-0.4, -0.2) is 11.0 Å². The normalized spacial score (nSPS) is 21.2. The quantitative estimate of drug-likeness (QED) is 0.850. The Morgan fingerprint density at radius 1 is 1.26 bits per heavy atom. The summed E-state index contributed by atoms with van der Waals surface area (Å²) in [6.07, 6.45) is 1.01. The van der Waals surface area contributed by atoms with E-state index in [1.54, 1.807) is 6.07 Å². The van der Waals surface area contributed by atoms with Gasteiger partial charge in [-0.15, -0.1) is 0 Å². The number of hydrogen-bond acceptors (Lipinski definition) is 3. The first-order valence-corrected chi connectivity index (χ1v) is 6.29. The molecule has 0 spiro atoms. The highest BCUT2D eigenvalue weighted by atomic mass is 19.1. The number of hydrogen-bond donors (Lipinski definition) is 1. The van der Waals surface area contributed by atoms with Gasteiger partial charge < -0.3 is 10.1 Å². The monoisotopic (exact) mass is 258 g/mol. The van der Waals surface area contributed by atoms with Gasteiger partial charge in [0, 0.05) is 0 Å². The summed E-state index contributed by atoms with van der Waals surface area (Å²) in [5.41, 5.74) is 2.90. The molecule has 2 heterocycles. The molecular weight excluding hydrogens is 243 g/mol. The fourth-order valence-corrected chi connectivity index (χ4v) is 2.34. The molecule has 0 fully saturated rings. The van der Waals surface area contributed by atoms with Gasteiger partial charge in [-0.05, 0) is 37.6 Å². The van der Waals surface area contributed by atoms with Crippen molar-refractivity contribution in [2.75, 3.05) is 5.32 Å². The number of para-hydroxylation sites is 1. The fraction of sp³-hybridized carbons (Fsp3) is 0.267. The van der Waals surface area contributed by atoms with Crippen molar-refractivity contribution in [1.29, 1.82) is 0 Å². The Bertz CT molecular complexity index is 598. The topological polar surface area (TPSA) is 34.2 Å². The van der Waals surface area contributed by atoms with Gasteiger partial charge >= 0.3 is 0 Å². The zero-order chi connectivity index (χ0) is 13.4. The first-order valence-electron chi connectivity index (χ1n) is 6.29. The zero-order valence-corrected chi connectivity index (χ0v) is 10.9. The number of nitrogens with one attached hydrogen (secondary N) is 1. The number of halogens is 1. The lowest BCUT2D eigenvalue weighted by atomic mass is 10.0. The lowest BCUT2D eigenvalue weighted by Gasteiger charge is -2.33. The standard InChI is InChI=1S/C15H15FN2O/c1-9-4-3-5-13-14(9)18-10(2)15(19-13)12-7-6-11(16)8-17-12/h3-8,10,15,18H,1-2H3. The van der Waals surface area contributed by atoms with Crippen LogP contribution in [0.3, 0.4) is 0 Å². The van der Waals surface area contributed by atoms with Crippen molar-refractivity contribution in [3.63, 3.8) is 0 Å². The number of pyridine rings is 1. The van der Waals surface area contributed by atoms with E-state index in [9.17, 15) is 4.39 Å². The summed E-state index contributed by atoms with van der Waals surface area (Å²) >= 11 is 0. The summed E-state index contributed by atoms with van der Waals surface area (Å²) in [5.74, 6) is 0.477. The number of ether oxygens (including phenoxy) is 1. The molecule has 98 valence electrons. The van der Waals surface area contributed by atoms with Crippen molar-refractivity contribution in [2.24, 2.45) is 0 Å². The number of benzene rings is 1. The van der Waals surface area contributed by atoms with Crippen LogP contribution in [0.15, 0.2) is 36.5 Å². The molecule has 0 aliphatic carbocycles. The molecule has 0 bridgehead atoms. The van der Waals surface area contributed by atoms with E-state index in [-0.39, 0.29) is 18.0 Å². The van der Waals surface area contributed by atoms with Crippen molar-refractivity contribution in [1.82, 2.24) is 4.98 Å². The van der Waals surface area contributed by atoms with Crippen molar-refractivity contribution < 1.29 is 9.13 Å². The zero-order valence-electron chi connectivity index (χ0n) is 10.9. The molecule has 3 rings (SSSR count). The van der Waals surface area contributed by atoms with Gasteiger partial charge in [0.2, 0.25) is 0 Å². The van der Waals surface area contributed by atoms with Crippen LogP contribution in [0.1, 0.15) is 24.3 Å². The molecule has 2 atom stereocenters. The van der Waals surface area contributed by atoms with Gasteiger partial charge in [0.1, 0.15) is 11.6 Å². The molecule has 4 heteroatoms. The molecule has 1 N–H and O–H groups in total. The number of aromatic nitrogens is 1. The molecule has 0 saturated carbocycles. The third-order valence-electron chi connectivity index (χ3n) is 3.36. The molecule has 2 aromatic rings. The van der Waals surface area contributed by atoms with Gasteiger partial charge in [-0.1, -0.05) is 12.1 Å². The van der Waals surface area contributed by atoms with Crippen molar-refractivity contribution in [3.05, 3.63) is 53.6 Å². The Labute approximate surface area is 111 Å². The largest absolute Gasteiger partial charge is 0.480 e. The van der Waals surface area contributed by atoms with Crippen LogP contribution in [0, 0.1) is 12.7 Å². The van der Waals surface area contributed by atoms with Crippen molar-refractivity contribution >= 4 is 5.69 Å². The second kappa shape index (κ2) is 4.53. The minimum Gasteiger partial charge on any atom is -0.480 e. The van der Waals surface area contributed by atoms with Gasteiger partial charge in [-0.2, -0.15) is 0 Å². The van der Waals surface area contributed by atoms with E-state index in [4.69, 9.17) is 4.74 Å².